The van der Waals surface area contributed by atoms with Crippen molar-refractivity contribution in [2.24, 2.45) is 0 Å². The minimum absolute atomic E-state index is 0.0635. The molecule has 0 bridgehead atoms. The zero-order valence-corrected chi connectivity index (χ0v) is 10.1. The molecule has 92 valence electrons. The van der Waals surface area contributed by atoms with Crippen molar-refractivity contribution < 1.29 is 14.7 Å². The number of carboxylic acids is 1. The van der Waals surface area contributed by atoms with Crippen molar-refractivity contribution in [1.82, 2.24) is 10.4 Å². The smallest absolute Gasteiger partial charge is 0.335 e. The van der Waals surface area contributed by atoms with E-state index in [0.717, 1.165) is 0 Å². The maximum atomic E-state index is 11.4. The molecule has 0 aliphatic rings. The van der Waals surface area contributed by atoms with Gasteiger partial charge >= 0.3 is 12.0 Å². The third-order valence-electron chi connectivity index (χ3n) is 1.79. The number of rotatable bonds is 3. The maximum absolute atomic E-state index is 11.4. The lowest BCUT2D eigenvalue weighted by Crippen LogP contribution is -2.39. The molecule has 1 aromatic rings. The first-order valence-corrected chi connectivity index (χ1v) is 5.05. The van der Waals surface area contributed by atoms with Crippen LogP contribution in [0, 0.1) is 0 Å². The van der Waals surface area contributed by atoms with E-state index in [9.17, 15) is 9.59 Å². The second kappa shape index (κ2) is 5.51. The van der Waals surface area contributed by atoms with Gasteiger partial charge in [0.25, 0.3) is 0 Å². The maximum Gasteiger partial charge on any atom is 0.335 e. The first-order chi connectivity index (χ1) is 7.90. The first kappa shape index (κ1) is 13.3. The highest BCUT2D eigenvalue weighted by molar-refractivity contribution is 6.34. The Hall–Kier alpha value is -1.79. The van der Waals surface area contributed by atoms with Gasteiger partial charge in [0.1, 0.15) is 0 Å². The Bertz CT molecular complexity index is 448. The zero-order valence-electron chi connectivity index (χ0n) is 9.32. The van der Waals surface area contributed by atoms with Gasteiger partial charge in [0.05, 0.1) is 16.3 Å². The zero-order chi connectivity index (χ0) is 13.0. The number of benzene rings is 1. The molecule has 3 N–H and O–H groups in total. The molecular weight excluding hydrogens is 246 g/mol. The van der Waals surface area contributed by atoms with Crippen molar-refractivity contribution in [1.29, 1.82) is 0 Å². The van der Waals surface area contributed by atoms with Crippen LogP contribution >= 0.6 is 11.6 Å². The van der Waals surface area contributed by atoms with Crippen LogP contribution in [0.15, 0.2) is 18.2 Å². The molecule has 0 saturated heterocycles. The number of nitrogens with one attached hydrogen (secondary N) is 2. The van der Waals surface area contributed by atoms with Crippen LogP contribution < -0.4 is 10.7 Å². The molecule has 0 aromatic heterocycles. The Kier molecular flexibility index (Phi) is 4.30. The van der Waals surface area contributed by atoms with Crippen LogP contribution in [0.4, 0.5) is 10.5 Å². The summed E-state index contributed by atoms with van der Waals surface area (Å²) in [6.07, 6.45) is 0. The van der Waals surface area contributed by atoms with E-state index in [4.69, 9.17) is 16.7 Å². The molecule has 17 heavy (non-hydrogen) atoms. The lowest BCUT2D eigenvalue weighted by molar-refractivity contribution is 0.0697. The molecule has 1 aromatic carbocycles. The van der Waals surface area contributed by atoms with Crippen LogP contribution in [-0.2, 0) is 0 Å². The van der Waals surface area contributed by atoms with E-state index >= 15 is 0 Å². The molecule has 0 aliphatic heterocycles. The van der Waals surface area contributed by atoms with Crippen molar-refractivity contribution in [2.45, 2.75) is 0 Å². The molecule has 0 atom stereocenters. The number of urea groups is 1. The normalized spacial score (nSPS) is 10.1. The highest BCUT2D eigenvalue weighted by Crippen LogP contribution is 2.22. The Labute approximate surface area is 103 Å². The lowest BCUT2D eigenvalue weighted by atomic mass is 10.2. The van der Waals surface area contributed by atoms with Gasteiger partial charge < -0.3 is 10.4 Å². The number of carbonyl (C=O) groups excluding carboxylic acids is 1. The Morgan fingerprint density at radius 1 is 1.35 bits per heavy atom. The number of nitrogens with zero attached hydrogens (tertiary/aromatic N) is 1. The summed E-state index contributed by atoms with van der Waals surface area (Å²) in [6, 6.07) is 3.61. The van der Waals surface area contributed by atoms with Gasteiger partial charge in [-0.3, -0.25) is 5.43 Å². The molecule has 2 amide bonds. The first-order valence-electron chi connectivity index (χ1n) is 4.68. The SMILES string of the molecule is CN(C)NC(=O)Nc1ccc(C(=O)O)cc1Cl. The number of hydrogen-bond donors (Lipinski definition) is 3. The van der Waals surface area contributed by atoms with Crippen LogP contribution in [0.1, 0.15) is 10.4 Å². The summed E-state index contributed by atoms with van der Waals surface area (Å²) in [6.45, 7) is 0. The summed E-state index contributed by atoms with van der Waals surface area (Å²) >= 11 is 5.83. The fourth-order valence-electron chi connectivity index (χ4n) is 1.10. The standard InChI is InChI=1S/C10H12ClN3O3/c1-14(2)13-10(17)12-8-4-3-6(9(15)16)5-7(8)11/h3-5H,1-2H3,(H,15,16)(H2,12,13,17). The van der Waals surface area contributed by atoms with Gasteiger partial charge in [-0.2, -0.15) is 0 Å². The van der Waals surface area contributed by atoms with Gasteiger partial charge in [-0.25, -0.2) is 14.6 Å². The van der Waals surface area contributed by atoms with Gasteiger partial charge in [-0.05, 0) is 18.2 Å². The predicted molar refractivity (Wildman–Crippen MR) is 64.3 cm³/mol. The minimum atomic E-state index is -1.07. The third-order valence-corrected chi connectivity index (χ3v) is 2.10. The van der Waals surface area contributed by atoms with Crippen molar-refractivity contribution >= 4 is 29.3 Å². The number of carboxylic acid groups (broad SMARTS) is 1. The molecule has 0 heterocycles. The largest absolute Gasteiger partial charge is 0.478 e. The van der Waals surface area contributed by atoms with Crippen LogP contribution in [0.3, 0.4) is 0 Å². The van der Waals surface area contributed by atoms with Crippen molar-refractivity contribution in [3.63, 3.8) is 0 Å². The molecule has 0 radical (unpaired) electrons. The minimum Gasteiger partial charge on any atom is -0.478 e. The summed E-state index contributed by atoms with van der Waals surface area (Å²) in [5.74, 6) is -1.07. The number of aromatic carboxylic acids is 1. The molecule has 1 rings (SSSR count). The van der Waals surface area contributed by atoms with Gasteiger partial charge in [0, 0.05) is 14.1 Å². The van der Waals surface area contributed by atoms with E-state index in [1.54, 1.807) is 14.1 Å². The number of hydrazine groups is 1. The molecule has 0 saturated carbocycles. The number of anilines is 1. The van der Waals surface area contributed by atoms with E-state index < -0.39 is 12.0 Å². The quantitative estimate of drug-likeness (QED) is 0.719. The lowest BCUT2D eigenvalue weighted by Gasteiger charge is -2.13. The Morgan fingerprint density at radius 2 is 2.00 bits per heavy atom. The molecule has 0 fully saturated rings. The van der Waals surface area contributed by atoms with Gasteiger partial charge in [-0.15, -0.1) is 0 Å². The monoisotopic (exact) mass is 257 g/mol. The third kappa shape index (κ3) is 3.93. The van der Waals surface area contributed by atoms with E-state index in [1.807, 2.05) is 0 Å². The fourth-order valence-corrected chi connectivity index (χ4v) is 1.33. The van der Waals surface area contributed by atoms with E-state index in [-0.39, 0.29) is 10.6 Å². The second-order valence-corrected chi connectivity index (χ2v) is 3.87. The molecule has 6 nitrogen and oxygen atoms in total. The van der Waals surface area contributed by atoms with Crippen LogP contribution in [-0.4, -0.2) is 36.2 Å². The summed E-state index contributed by atoms with van der Waals surface area (Å²) in [4.78, 5) is 22.0. The number of halogens is 1. The summed E-state index contributed by atoms with van der Waals surface area (Å²) in [5, 5.41) is 12.9. The Balaban J connectivity index is 2.79. The van der Waals surface area contributed by atoms with Crippen LogP contribution in [0.25, 0.3) is 0 Å². The van der Waals surface area contributed by atoms with E-state index in [2.05, 4.69) is 10.7 Å². The number of hydrogen-bond acceptors (Lipinski definition) is 3. The molecular formula is C10H12ClN3O3. The van der Waals surface area contributed by atoms with Gasteiger partial charge in [0.15, 0.2) is 0 Å². The van der Waals surface area contributed by atoms with Crippen LogP contribution in [0.5, 0.6) is 0 Å². The van der Waals surface area contributed by atoms with Crippen molar-refractivity contribution in [2.75, 3.05) is 19.4 Å². The Morgan fingerprint density at radius 3 is 2.47 bits per heavy atom. The molecule has 0 spiro atoms. The molecule has 0 aliphatic carbocycles. The predicted octanol–water partition coefficient (Wildman–Crippen LogP) is 1.64. The summed E-state index contributed by atoms with van der Waals surface area (Å²) in [7, 11) is 3.32. The molecule has 7 heteroatoms. The average Bonchev–Trinajstić information content (AvgIpc) is 2.19. The molecule has 0 unspecified atom stereocenters. The van der Waals surface area contributed by atoms with Crippen molar-refractivity contribution in [3.8, 4) is 0 Å². The fraction of sp³-hybridized carbons (Fsp3) is 0.200. The summed E-state index contributed by atoms with van der Waals surface area (Å²) < 4.78 is 0. The highest BCUT2D eigenvalue weighted by Gasteiger charge is 2.09. The average molecular weight is 258 g/mol. The summed E-state index contributed by atoms with van der Waals surface area (Å²) in [5.41, 5.74) is 2.87. The van der Waals surface area contributed by atoms with Gasteiger partial charge in [0.2, 0.25) is 0 Å². The highest BCUT2D eigenvalue weighted by atomic mass is 35.5. The number of amides is 2. The van der Waals surface area contributed by atoms with E-state index in [1.165, 1.54) is 23.2 Å². The van der Waals surface area contributed by atoms with Gasteiger partial charge in [-0.1, -0.05) is 11.6 Å². The van der Waals surface area contributed by atoms with E-state index in [0.29, 0.717) is 5.69 Å². The topological polar surface area (TPSA) is 81.7 Å². The van der Waals surface area contributed by atoms with Crippen LogP contribution in [0.2, 0.25) is 5.02 Å². The number of carbonyl (C=O) groups is 2. The van der Waals surface area contributed by atoms with Crippen molar-refractivity contribution in [3.05, 3.63) is 28.8 Å². The second-order valence-electron chi connectivity index (χ2n) is 3.46.